The van der Waals surface area contributed by atoms with Crippen LogP contribution < -0.4 is 5.43 Å². The number of H-pyrrole nitrogens is 1. The zero-order valence-electron chi connectivity index (χ0n) is 7.23. The first-order valence-corrected chi connectivity index (χ1v) is 4.23. The zero-order chi connectivity index (χ0) is 9.38. The van der Waals surface area contributed by atoms with Gasteiger partial charge in [0.15, 0.2) is 0 Å². The summed E-state index contributed by atoms with van der Waals surface area (Å²) in [6.45, 7) is 0. The van der Waals surface area contributed by atoms with E-state index in [1.807, 2.05) is 18.2 Å². The van der Waals surface area contributed by atoms with Gasteiger partial charge in [-0.1, -0.05) is 11.3 Å². The lowest BCUT2D eigenvalue weighted by molar-refractivity contribution is 1.14. The van der Waals surface area contributed by atoms with Crippen molar-refractivity contribution in [3.05, 3.63) is 30.2 Å². The third-order valence-electron chi connectivity index (χ3n) is 2.16. The minimum absolute atomic E-state index is 0.882. The van der Waals surface area contributed by atoms with Crippen LogP contribution in [0, 0.1) is 0 Å². The highest BCUT2D eigenvalue weighted by Crippen LogP contribution is 2.27. The number of nitrogens with zero attached hydrogens (tertiary/aromatic N) is 3. The van der Waals surface area contributed by atoms with E-state index in [0.29, 0.717) is 0 Å². The molecule has 0 saturated heterocycles. The second-order valence-corrected chi connectivity index (χ2v) is 2.97. The second-order valence-electron chi connectivity index (χ2n) is 2.97. The van der Waals surface area contributed by atoms with E-state index in [1.54, 1.807) is 12.5 Å². The smallest absolute Gasteiger partial charge is 0.114 e. The summed E-state index contributed by atoms with van der Waals surface area (Å²) in [6.07, 6.45) is 5.21. The molecule has 2 aromatic rings. The maximum absolute atomic E-state index is 4.22. The third-order valence-corrected chi connectivity index (χ3v) is 2.16. The topological polar surface area (TPSA) is 65.4 Å². The lowest BCUT2D eigenvalue weighted by Gasteiger charge is -2.02. The van der Waals surface area contributed by atoms with E-state index < -0.39 is 0 Å². The van der Waals surface area contributed by atoms with E-state index in [2.05, 4.69) is 25.7 Å². The fourth-order valence-corrected chi connectivity index (χ4v) is 1.51. The standard InChI is InChI=1S/C9H7N5/c1-2-7-9(11-5-10-7)8-6(1)3-4-12-14-13-8/h1-5H,(H,10,11)(H,12,13). The summed E-state index contributed by atoms with van der Waals surface area (Å²) in [6, 6.07) is 3.98. The Morgan fingerprint density at radius 3 is 3.21 bits per heavy atom. The lowest BCUT2D eigenvalue weighted by atomic mass is 10.1. The Kier molecular flexibility index (Phi) is 1.38. The van der Waals surface area contributed by atoms with Crippen LogP contribution in [0.2, 0.25) is 0 Å². The molecular formula is C9H7N5. The van der Waals surface area contributed by atoms with Crippen LogP contribution in [0.4, 0.5) is 5.69 Å². The first-order valence-electron chi connectivity index (χ1n) is 4.23. The Labute approximate surface area is 79.5 Å². The van der Waals surface area contributed by atoms with Gasteiger partial charge >= 0.3 is 0 Å². The van der Waals surface area contributed by atoms with Crippen LogP contribution in [0.15, 0.2) is 35.0 Å². The summed E-state index contributed by atoms with van der Waals surface area (Å²) in [7, 11) is 0. The quantitative estimate of drug-likeness (QED) is 0.661. The van der Waals surface area contributed by atoms with Crippen molar-refractivity contribution in [1.29, 1.82) is 0 Å². The molecule has 0 atom stereocenters. The molecule has 2 heterocycles. The second kappa shape index (κ2) is 2.66. The number of hydrogen-bond acceptors (Lipinski definition) is 4. The molecule has 5 heteroatoms. The van der Waals surface area contributed by atoms with Gasteiger partial charge in [-0.05, 0) is 12.1 Å². The SMILES string of the molecule is C1=Cc2ccc3[nH]cnc3c2NN=N1. The molecule has 68 valence electrons. The normalized spacial score (nSPS) is 13.7. The van der Waals surface area contributed by atoms with Crippen LogP contribution in [0.3, 0.4) is 0 Å². The van der Waals surface area contributed by atoms with Crippen LogP contribution >= 0.6 is 0 Å². The van der Waals surface area contributed by atoms with E-state index in [-0.39, 0.29) is 0 Å². The summed E-state index contributed by atoms with van der Waals surface area (Å²) in [5, 5.41) is 7.55. The number of benzene rings is 1. The van der Waals surface area contributed by atoms with Crippen LogP contribution in [-0.2, 0) is 0 Å². The summed E-state index contributed by atoms with van der Waals surface area (Å²) in [4.78, 5) is 7.26. The maximum atomic E-state index is 4.22. The van der Waals surface area contributed by atoms with Crippen LogP contribution in [-0.4, -0.2) is 9.97 Å². The number of hydrogen-bond donors (Lipinski definition) is 2. The molecule has 0 bridgehead atoms. The molecule has 1 aliphatic rings. The monoisotopic (exact) mass is 185 g/mol. The van der Waals surface area contributed by atoms with Gasteiger partial charge in [-0.2, -0.15) is 0 Å². The first-order chi connectivity index (χ1) is 6.95. The summed E-state index contributed by atoms with van der Waals surface area (Å²) >= 11 is 0. The zero-order valence-corrected chi connectivity index (χ0v) is 7.23. The van der Waals surface area contributed by atoms with Crippen molar-refractivity contribution < 1.29 is 0 Å². The van der Waals surface area contributed by atoms with Crippen molar-refractivity contribution in [3.8, 4) is 0 Å². The average Bonchev–Trinajstić information content (AvgIpc) is 2.55. The van der Waals surface area contributed by atoms with Crippen molar-refractivity contribution in [3.63, 3.8) is 0 Å². The molecule has 1 aromatic heterocycles. The molecular weight excluding hydrogens is 178 g/mol. The highest BCUT2D eigenvalue weighted by molar-refractivity contribution is 5.93. The molecule has 5 nitrogen and oxygen atoms in total. The molecule has 0 unspecified atom stereocenters. The largest absolute Gasteiger partial charge is 0.345 e. The molecule has 3 rings (SSSR count). The number of imidazole rings is 1. The van der Waals surface area contributed by atoms with Gasteiger partial charge in [-0.3, -0.25) is 5.43 Å². The van der Waals surface area contributed by atoms with Crippen molar-refractivity contribution in [1.82, 2.24) is 9.97 Å². The summed E-state index contributed by atoms with van der Waals surface area (Å²) in [5.74, 6) is 0. The van der Waals surface area contributed by atoms with Gasteiger partial charge in [-0.25, -0.2) is 4.98 Å². The molecule has 0 fully saturated rings. The highest BCUT2D eigenvalue weighted by Gasteiger charge is 2.08. The van der Waals surface area contributed by atoms with Crippen molar-refractivity contribution in [2.45, 2.75) is 0 Å². The van der Waals surface area contributed by atoms with Gasteiger partial charge < -0.3 is 4.98 Å². The summed E-state index contributed by atoms with van der Waals surface area (Å²) < 4.78 is 0. The number of nitrogens with one attached hydrogen (secondary N) is 2. The maximum Gasteiger partial charge on any atom is 0.114 e. The Bertz CT molecular complexity index is 537. The van der Waals surface area contributed by atoms with Gasteiger partial charge in [-0.15, -0.1) is 5.11 Å². The van der Waals surface area contributed by atoms with Crippen LogP contribution in [0.1, 0.15) is 5.56 Å². The highest BCUT2D eigenvalue weighted by atomic mass is 15.4. The molecule has 14 heavy (non-hydrogen) atoms. The van der Waals surface area contributed by atoms with Gasteiger partial charge in [0.2, 0.25) is 0 Å². The molecule has 0 radical (unpaired) electrons. The summed E-state index contributed by atoms with van der Waals surface area (Å²) in [5.41, 5.74) is 6.66. The predicted molar refractivity (Wildman–Crippen MR) is 53.6 cm³/mol. The minimum Gasteiger partial charge on any atom is -0.345 e. The first kappa shape index (κ1) is 7.25. The van der Waals surface area contributed by atoms with Gasteiger partial charge in [0.1, 0.15) is 5.52 Å². The van der Waals surface area contributed by atoms with Gasteiger partial charge in [0.05, 0.1) is 23.7 Å². The molecule has 0 aliphatic carbocycles. The lowest BCUT2D eigenvalue weighted by Crippen LogP contribution is -1.90. The molecule has 1 aromatic carbocycles. The van der Waals surface area contributed by atoms with Gasteiger partial charge in [0.25, 0.3) is 0 Å². The van der Waals surface area contributed by atoms with E-state index in [1.165, 1.54) is 0 Å². The van der Waals surface area contributed by atoms with E-state index in [9.17, 15) is 0 Å². The van der Waals surface area contributed by atoms with Crippen LogP contribution in [0.5, 0.6) is 0 Å². The molecule has 1 aliphatic heterocycles. The average molecular weight is 185 g/mol. The number of aromatic nitrogens is 2. The fraction of sp³-hybridized carbons (Fsp3) is 0. The van der Waals surface area contributed by atoms with Crippen LogP contribution in [0.25, 0.3) is 17.1 Å². The molecule has 2 N–H and O–H groups in total. The minimum atomic E-state index is 0.882. The molecule has 0 spiro atoms. The molecule has 0 amide bonds. The van der Waals surface area contributed by atoms with Crippen molar-refractivity contribution >= 4 is 22.8 Å². The fourth-order valence-electron chi connectivity index (χ4n) is 1.51. The van der Waals surface area contributed by atoms with E-state index in [4.69, 9.17) is 0 Å². The Hall–Kier alpha value is -2.17. The Balaban J connectivity index is 2.38. The Morgan fingerprint density at radius 1 is 1.21 bits per heavy atom. The number of aromatic amines is 1. The predicted octanol–water partition coefficient (Wildman–Crippen LogP) is 2.33. The number of anilines is 1. The number of rotatable bonds is 0. The number of fused-ring (bicyclic) bond motifs is 3. The van der Waals surface area contributed by atoms with E-state index in [0.717, 1.165) is 22.3 Å². The third kappa shape index (κ3) is 0.922. The van der Waals surface area contributed by atoms with E-state index >= 15 is 0 Å². The van der Waals surface area contributed by atoms with Crippen molar-refractivity contribution in [2.75, 3.05) is 5.43 Å². The van der Waals surface area contributed by atoms with Crippen molar-refractivity contribution in [2.24, 2.45) is 10.3 Å². The Morgan fingerprint density at radius 2 is 2.21 bits per heavy atom. The molecule has 0 saturated carbocycles. The van der Waals surface area contributed by atoms with Gasteiger partial charge in [0, 0.05) is 5.56 Å².